The van der Waals surface area contributed by atoms with Crippen molar-refractivity contribution in [1.82, 2.24) is 24.8 Å². The molecule has 0 bridgehead atoms. The summed E-state index contributed by atoms with van der Waals surface area (Å²) in [6, 6.07) is 3.54. The Morgan fingerprint density at radius 3 is 2.67 bits per heavy atom. The van der Waals surface area contributed by atoms with E-state index < -0.39 is 21.5 Å². The van der Waals surface area contributed by atoms with Gasteiger partial charge in [0.2, 0.25) is 15.0 Å². The van der Waals surface area contributed by atoms with Crippen molar-refractivity contribution in [3.63, 3.8) is 0 Å². The Balaban J connectivity index is 1.99. The Kier molecular flexibility index (Phi) is 4.77. The molecule has 3 aromatic heterocycles. The Labute approximate surface area is 156 Å². The van der Waals surface area contributed by atoms with Crippen molar-refractivity contribution in [2.75, 3.05) is 12.8 Å². The van der Waals surface area contributed by atoms with Gasteiger partial charge in [-0.1, -0.05) is 0 Å². The van der Waals surface area contributed by atoms with Crippen LogP contribution in [0, 0.1) is 0 Å². The topological polar surface area (TPSA) is 116 Å². The fourth-order valence-electron chi connectivity index (χ4n) is 2.68. The molecule has 0 fully saturated rings. The van der Waals surface area contributed by atoms with Gasteiger partial charge in [-0.05, 0) is 32.9 Å². The predicted octanol–water partition coefficient (Wildman–Crippen LogP) is 1.91. The molecule has 10 heteroatoms. The number of fused-ring (bicyclic) bond motifs is 3. The highest BCUT2D eigenvalue weighted by atomic mass is 32.2. The first-order chi connectivity index (χ1) is 12.6. The fourth-order valence-corrected chi connectivity index (χ4v) is 3.53. The molecule has 9 nitrogen and oxygen atoms in total. The van der Waals surface area contributed by atoms with Crippen molar-refractivity contribution in [1.29, 1.82) is 0 Å². The van der Waals surface area contributed by atoms with Crippen molar-refractivity contribution in [3.05, 3.63) is 24.5 Å². The van der Waals surface area contributed by atoms with Gasteiger partial charge in [0.25, 0.3) is 0 Å². The van der Waals surface area contributed by atoms with E-state index in [4.69, 9.17) is 4.74 Å². The first-order valence-corrected chi connectivity index (χ1v) is 10.2. The van der Waals surface area contributed by atoms with Crippen LogP contribution < -0.4 is 5.32 Å². The zero-order valence-corrected chi connectivity index (χ0v) is 16.4. The first kappa shape index (κ1) is 19.0. The second-order valence-electron chi connectivity index (χ2n) is 7.11. The predicted molar refractivity (Wildman–Crippen MR) is 100 cm³/mol. The average Bonchev–Trinajstić information content (AvgIpc) is 2.93. The van der Waals surface area contributed by atoms with Gasteiger partial charge in [-0.2, -0.15) is 0 Å². The number of rotatable bonds is 4. The molecule has 3 rings (SSSR count). The Bertz CT molecular complexity index is 1120. The van der Waals surface area contributed by atoms with Crippen LogP contribution in [0.4, 0.5) is 4.79 Å². The van der Waals surface area contributed by atoms with E-state index in [1.54, 1.807) is 43.7 Å². The molecule has 144 valence electrons. The number of ether oxygens (including phenoxy) is 1. The SMILES string of the molecule is CC(C)(C)OC(=O)NCCn1c(S(C)(=O)=O)nc2cnc3cccnc3c21. The summed E-state index contributed by atoms with van der Waals surface area (Å²) >= 11 is 0. The number of hydrogen-bond acceptors (Lipinski definition) is 7. The molecule has 0 aromatic carbocycles. The summed E-state index contributed by atoms with van der Waals surface area (Å²) in [6.07, 6.45) is 3.65. The lowest BCUT2D eigenvalue weighted by Gasteiger charge is -2.19. The quantitative estimate of drug-likeness (QED) is 0.722. The van der Waals surface area contributed by atoms with Crippen LogP contribution in [0.15, 0.2) is 29.7 Å². The lowest BCUT2D eigenvalue weighted by atomic mass is 10.2. The van der Waals surface area contributed by atoms with Gasteiger partial charge in [0.05, 0.1) is 17.2 Å². The number of carbonyl (C=O) groups excluding carboxylic acids is 1. The number of amides is 1. The van der Waals surface area contributed by atoms with Gasteiger partial charge in [0.15, 0.2) is 0 Å². The van der Waals surface area contributed by atoms with E-state index in [1.165, 1.54) is 6.20 Å². The summed E-state index contributed by atoms with van der Waals surface area (Å²) in [6.45, 7) is 5.65. The highest BCUT2D eigenvalue weighted by Gasteiger charge is 2.22. The van der Waals surface area contributed by atoms with Crippen LogP contribution in [0.25, 0.3) is 22.1 Å². The zero-order chi connectivity index (χ0) is 19.8. The Morgan fingerprint density at radius 1 is 1.26 bits per heavy atom. The third kappa shape index (κ3) is 4.16. The van der Waals surface area contributed by atoms with E-state index in [9.17, 15) is 13.2 Å². The number of carbonyl (C=O) groups is 1. The maximum atomic E-state index is 12.2. The van der Waals surface area contributed by atoms with Crippen LogP contribution in [-0.2, 0) is 21.1 Å². The molecule has 3 heterocycles. The minimum Gasteiger partial charge on any atom is -0.444 e. The monoisotopic (exact) mass is 391 g/mol. The minimum atomic E-state index is -3.59. The maximum Gasteiger partial charge on any atom is 0.407 e. The molecule has 27 heavy (non-hydrogen) atoms. The summed E-state index contributed by atoms with van der Waals surface area (Å²) in [7, 11) is -3.59. The molecule has 0 radical (unpaired) electrons. The summed E-state index contributed by atoms with van der Waals surface area (Å²) in [4.78, 5) is 24.7. The molecule has 0 saturated heterocycles. The number of hydrogen-bond donors (Lipinski definition) is 1. The van der Waals surface area contributed by atoms with Crippen LogP contribution in [0.1, 0.15) is 20.8 Å². The summed E-state index contributed by atoms with van der Waals surface area (Å²) in [5.41, 5.74) is 1.56. The van der Waals surface area contributed by atoms with Crippen LogP contribution in [0.5, 0.6) is 0 Å². The van der Waals surface area contributed by atoms with Gasteiger partial charge in [0.1, 0.15) is 16.6 Å². The molecular formula is C17H21N5O4S. The molecular weight excluding hydrogens is 370 g/mol. The molecule has 0 spiro atoms. The normalized spacial score (nSPS) is 12.4. The number of sulfone groups is 1. The van der Waals surface area contributed by atoms with Crippen molar-refractivity contribution in [2.24, 2.45) is 0 Å². The Morgan fingerprint density at radius 2 is 2.00 bits per heavy atom. The second-order valence-corrected chi connectivity index (χ2v) is 9.02. The van der Waals surface area contributed by atoms with Gasteiger partial charge >= 0.3 is 6.09 Å². The Hall–Kier alpha value is -2.75. The molecule has 1 N–H and O–H groups in total. The number of nitrogens with one attached hydrogen (secondary N) is 1. The number of aromatic nitrogens is 4. The molecule has 0 aliphatic heterocycles. The summed E-state index contributed by atoms with van der Waals surface area (Å²) < 4.78 is 31.2. The van der Waals surface area contributed by atoms with Crippen molar-refractivity contribution < 1.29 is 17.9 Å². The smallest absolute Gasteiger partial charge is 0.407 e. The molecule has 1 amide bonds. The average molecular weight is 391 g/mol. The molecule has 3 aromatic rings. The fraction of sp³-hybridized carbons (Fsp3) is 0.412. The first-order valence-electron chi connectivity index (χ1n) is 8.33. The zero-order valence-electron chi connectivity index (χ0n) is 15.6. The minimum absolute atomic E-state index is 0.0940. The third-order valence-electron chi connectivity index (χ3n) is 3.63. The van der Waals surface area contributed by atoms with E-state index >= 15 is 0 Å². The van der Waals surface area contributed by atoms with Crippen LogP contribution in [0.2, 0.25) is 0 Å². The van der Waals surface area contributed by atoms with E-state index in [0.717, 1.165) is 6.26 Å². The van der Waals surface area contributed by atoms with Gasteiger partial charge in [0, 0.05) is 25.5 Å². The highest BCUT2D eigenvalue weighted by Crippen LogP contribution is 2.25. The molecule has 0 saturated carbocycles. The number of imidazole rings is 1. The van der Waals surface area contributed by atoms with E-state index in [2.05, 4.69) is 20.3 Å². The summed E-state index contributed by atoms with van der Waals surface area (Å²) in [5.74, 6) is 0. The van der Waals surface area contributed by atoms with Gasteiger partial charge in [-0.3, -0.25) is 9.97 Å². The van der Waals surface area contributed by atoms with Gasteiger partial charge < -0.3 is 14.6 Å². The van der Waals surface area contributed by atoms with Gasteiger partial charge in [-0.15, -0.1) is 0 Å². The highest BCUT2D eigenvalue weighted by molar-refractivity contribution is 7.90. The lowest BCUT2D eigenvalue weighted by molar-refractivity contribution is 0.0526. The van der Waals surface area contributed by atoms with Crippen LogP contribution >= 0.6 is 0 Å². The third-order valence-corrected chi connectivity index (χ3v) is 4.61. The summed E-state index contributed by atoms with van der Waals surface area (Å²) in [5, 5.41) is 2.53. The molecule has 0 atom stereocenters. The number of alkyl carbamates (subject to hydrolysis) is 1. The molecule has 0 aliphatic carbocycles. The van der Waals surface area contributed by atoms with Crippen molar-refractivity contribution >= 4 is 38.0 Å². The number of nitrogens with zero attached hydrogens (tertiary/aromatic N) is 4. The van der Waals surface area contributed by atoms with Gasteiger partial charge in [-0.25, -0.2) is 18.2 Å². The van der Waals surface area contributed by atoms with Crippen LogP contribution in [-0.4, -0.2) is 52.4 Å². The van der Waals surface area contributed by atoms with Crippen LogP contribution in [0.3, 0.4) is 0 Å². The van der Waals surface area contributed by atoms with Crippen molar-refractivity contribution in [2.45, 2.75) is 38.1 Å². The number of pyridine rings is 2. The molecule has 0 unspecified atom stereocenters. The van der Waals surface area contributed by atoms with Crippen molar-refractivity contribution in [3.8, 4) is 0 Å². The lowest BCUT2D eigenvalue weighted by Crippen LogP contribution is -2.34. The molecule has 0 aliphatic rings. The largest absolute Gasteiger partial charge is 0.444 e. The van der Waals surface area contributed by atoms with E-state index in [1.807, 2.05) is 0 Å². The standard InChI is InChI=1S/C17H21N5O4S/c1-17(2,3)26-16(23)19-8-9-22-14-12(21-15(22)27(4,24)25)10-20-11-6-5-7-18-13(11)14/h5-7,10H,8-9H2,1-4H3,(H,19,23). The second kappa shape index (κ2) is 6.76. The van der Waals surface area contributed by atoms with E-state index in [-0.39, 0.29) is 18.2 Å². The van der Waals surface area contributed by atoms with E-state index in [0.29, 0.717) is 22.1 Å². The maximum absolute atomic E-state index is 12.2.